The molecule has 1 aliphatic heterocycles. The average molecular weight is 345 g/mol. The number of hydrogen-bond donors (Lipinski definition) is 0. The summed E-state index contributed by atoms with van der Waals surface area (Å²) in [6, 6.07) is 0. The van der Waals surface area contributed by atoms with Crippen LogP contribution in [0.5, 0.6) is 0 Å². The van der Waals surface area contributed by atoms with E-state index in [0.717, 1.165) is 0 Å². The standard InChI is InChI=1S/C16H27NO7/c1-15(2,3)24-14(20)17-8-9-23-11-16(10-17,13(19)22-5)7-6-12(18)21-4/h6-11H2,1-5H3. The van der Waals surface area contributed by atoms with E-state index < -0.39 is 29.0 Å². The van der Waals surface area contributed by atoms with E-state index in [1.807, 2.05) is 0 Å². The fourth-order valence-electron chi connectivity index (χ4n) is 2.45. The van der Waals surface area contributed by atoms with Crippen LogP contribution in [0.4, 0.5) is 4.79 Å². The molecule has 0 bridgehead atoms. The van der Waals surface area contributed by atoms with Gasteiger partial charge in [-0.25, -0.2) is 4.79 Å². The maximum absolute atomic E-state index is 12.4. The van der Waals surface area contributed by atoms with Crippen molar-refractivity contribution in [1.82, 2.24) is 4.90 Å². The van der Waals surface area contributed by atoms with Gasteiger partial charge < -0.3 is 23.8 Å². The molecular weight excluding hydrogens is 318 g/mol. The Balaban J connectivity index is 2.97. The minimum absolute atomic E-state index is 0.0249. The van der Waals surface area contributed by atoms with Crippen LogP contribution < -0.4 is 0 Å². The van der Waals surface area contributed by atoms with Crippen LogP contribution in [0.25, 0.3) is 0 Å². The summed E-state index contributed by atoms with van der Waals surface area (Å²) < 4.78 is 20.4. The van der Waals surface area contributed by atoms with Crippen LogP contribution in [0.15, 0.2) is 0 Å². The zero-order valence-electron chi connectivity index (χ0n) is 15.0. The van der Waals surface area contributed by atoms with Crippen molar-refractivity contribution in [2.45, 2.75) is 39.2 Å². The summed E-state index contributed by atoms with van der Waals surface area (Å²) in [6.45, 7) is 6.00. The lowest BCUT2D eigenvalue weighted by Crippen LogP contribution is -2.48. The largest absolute Gasteiger partial charge is 0.469 e. The van der Waals surface area contributed by atoms with Gasteiger partial charge in [-0.2, -0.15) is 0 Å². The molecular formula is C16H27NO7. The highest BCUT2D eigenvalue weighted by Gasteiger charge is 2.45. The Hall–Kier alpha value is -1.83. The molecule has 0 aromatic heterocycles. The Morgan fingerprint density at radius 1 is 1.17 bits per heavy atom. The number of amides is 1. The number of hydrogen-bond acceptors (Lipinski definition) is 7. The van der Waals surface area contributed by atoms with Crippen molar-refractivity contribution in [2.75, 3.05) is 40.5 Å². The highest BCUT2D eigenvalue weighted by atomic mass is 16.6. The van der Waals surface area contributed by atoms with E-state index >= 15 is 0 Å². The van der Waals surface area contributed by atoms with Gasteiger partial charge in [0, 0.05) is 19.5 Å². The minimum atomic E-state index is -1.13. The zero-order valence-corrected chi connectivity index (χ0v) is 15.0. The van der Waals surface area contributed by atoms with Gasteiger partial charge in [0.1, 0.15) is 11.0 Å². The molecule has 1 heterocycles. The van der Waals surface area contributed by atoms with Crippen LogP contribution in [0.1, 0.15) is 33.6 Å². The maximum Gasteiger partial charge on any atom is 0.410 e. The molecule has 0 spiro atoms. The lowest BCUT2D eigenvalue weighted by molar-refractivity contribution is -0.158. The zero-order chi connectivity index (χ0) is 18.4. The molecule has 1 saturated heterocycles. The first kappa shape index (κ1) is 20.2. The molecule has 0 radical (unpaired) electrons. The molecule has 1 rings (SSSR count). The van der Waals surface area contributed by atoms with Crippen LogP contribution in [0, 0.1) is 5.41 Å². The highest BCUT2D eigenvalue weighted by molar-refractivity contribution is 5.80. The van der Waals surface area contributed by atoms with Gasteiger partial charge in [0.15, 0.2) is 0 Å². The lowest BCUT2D eigenvalue weighted by Gasteiger charge is -2.33. The fraction of sp³-hybridized carbons (Fsp3) is 0.812. The molecule has 1 atom stereocenters. The Bertz CT molecular complexity index is 472. The molecule has 1 fully saturated rings. The van der Waals surface area contributed by atoms with Crippen molar-refractivity contribution >= 4 is 18.0 Å². The van der Waals surface area contributed by atoms with Gasteiger partial charge in [0.2, 0.25) is 0 Å². The molecule has 24 heavy (non-hydrogen) atoms. The summed E-state index contributed by atoms with van der Waals surface area (Å²) in [4.78, 5) is 37.6. The Morgan fingerprint density at radius 2 is 1.83 bits per heavy atom. The monoisotopic (exact) mass is 345 g/mol. The van der Waals surface area contributed by atoms with Crippen LogP contribution in [0.3, 0.4) is 0 Å². The van der Waals surface area contributed by atoms with Crippen molar-refractivity contribution < 1.29 is 33.3 Å². The lowest BCUT2D eigenvalue weighted by atomic mass is 9.83. The smallest absolute Gasteiger partial charge is 0.410 e. The average Bonchev–Trinajstić information content (AvgIpc) is 2.74. The predicted octanol–water partition coefficient (Wildman–Crippen LogP) is 1.37. The number of ether oxygens (including phenoxy) is 4. The number of carbonyl (C=O) groups excluding carboxylic acids is 3. The van der Waals surface area contributed by atoms with E-state index in [9.17, 15) is 14.4 Å². The van der Waals surface area contributed by atoms with E-state index in [4.69, 9.17) is 14.2 Å². The molecule has 0 aromatic rings. The fourth-order valence-corrected chi connectivity index (χ4v) is 2.45. The SMILES string of the molecule is COC(=O)CCC1(C(=O)OC)COCCN(C(=O)OC(C)(C)C)C1. The third kappa shape index (κ3) is 5.67. The van der Waals surface area contributed by atoms with Crippen LogP contribution >= 0.6 is 0 Å². The molecule has 0 aliphatic carbocycles. The number of nitrogens with zero attached hydrogens (tertiary/aromatic N) is 1. The summed E-state index contributed by atoms with van der Waals surface area (Å²) in [5.74, 6) is -0.965. The second-order valence-corrected chi connectivity index (χ2v) is 6.80. The summed E-state index contributed by atoms with van der Waals surface area (Å²) in [7, 11) is 2.55. The van der Waals surface area contributed by atoms with Crippen molar-refractivity contribution in [3.63, 3.8) is 0 Å². The predicted molar refractivity (Wildman–Crippen MR) is 84.3 cm³/mol. The second kappa shape index (κ2) is 8.32. The highest BCUT2D eigenvalue weighted by Crippen LogP contribution is 2.30. The van der Waals surface area contributed by atoms with Gasteiger partial charge in [-0.3, -0.25) is 9.59 Å². The molecule has 8 heteroatoms. The topological polar surface area (TPSA) is 91.4 Å². The maximum atomic E-state index is 12.4. The van der Waals surface area contributed by atoms with Crippen molar-refractivity contribution in [2.24, 2.45) is 5.41 Å². The number of methoxy groups -OCH3 is 2. The first-order valence-electron chi connectivity index (χ1n) is 7.84. The summed E-state index contributed by atoms with van der Waals surface area (Å²) in [6.07, 6.45) is -0.345. The first-order chi connectivity index (χ1) is 11.1. The van der Waals surface area contributed by atoms with Gasteiger partial charge in [0.05, 0.1) is 27.4 Å². The summed E-state index contributed by atoms with van der Waals surface area (Å²) in [5, 5.41) is 0. The van der Waals surface area contributed by atoms with E-state index in [2.05, 4.69) is 4.74 Å². The van der Waals surface area contributed by atoms with E-state index in [1.54, 1.807) is 20.8 Å². The third-order valence-corrected chi connectivity index (χ3v) is 3.68. The van der Waals surface area contributed by atoms with Crippen molar-refractivity contribution in [3.05, 3.63) is 0 Å². The summed E-state index contributed by atoms with van der Waals surface area (Å²) in [5.41, 5.74) is -1.78. The molecule has 138 valence electrons. The van der Waals surface area contributed by atoms with Gasteiger partial charge in [0.25, 0.3) is 0 Å². The van der Waals surface area contributed by atoms with E-state index in [-0.39, 0.29) is 32.6 Å². The number of esters is 2. The molecule has 0 aromatic carbocycles. The van der Waals surface area contributed by atoms with Crippen molar-refractivity contribution in [3.8, 4) is 0 Å². The first-order valence-corrected chi connectivity index (χ1v) is 7.84. The van der Waals surface area contributed by atoms with Crippen LogP contribution in [0.2, 0.25) is 0 Å². The van der Waals surface area contributed by atoms with Crippen molar-refractivity contribution in [1.29, 1.82) is 0 Å². The van der Waals surface area contributed by atoms with E-state index in [1.165, 1.54) is 19.1 Å². The van der Waals surface area contributed by atoms with Crippen LogP contribution in [-0.2, 0) is 28.5 Å². The molecule has 1 amide bonds. The van der Waals surface area contributed by atoms with Gasteiger partial charge in [-0.15, -0.1) is 0 Å². The number of carbonyl (C=O) groups is 3. The quantitative estimate of drug-likeness (QED) is 0.561. The molecule has 1 unspecified atom stereocenters. The van der Waals surface area contributed by atoms with Gasteiger partial charge in [-0.1, -0.05) is 0 Å². The molecule has 8 nitrogen and oxygen atoms in total. The minimum Gasteiger partial charge on any atom is -0.469 e. The third-order valence-electron chi connectivity index (χ3n) is 3.68. The van der Waals surface area contributed by atoms with Crippen LogP contribution in [-0.4, -0.2) is 69.1 Å². The second-order valence-electron chi connectivity index (χ2n) is 6.80. The normalized spacial score (nSPS) is 21.6. The number of rotatable bonds is 4. The Morgan fingerprint density at radius 3 is 2.38 bits per heavy atom. The molecule has 1 aliphatic rings. The molecule has 0 saturated carbocycles. The summed E-state index contributed by atoms with van der Waals surface area (Å²) >= 11 is 0. The Labute approximate surface area is 142 Å². The van der Waals surface area contributed by atoms with Gasteiger partial charge in [-0.05, 0) is 27.2 Å². The Kier molecular flexibility index (Phi) is 7.01. The van der Waals surface area contributed by atoms with E-state index in [0.29, 0.717) is 6.54 Å². The molecule has 0 N–H and O–H groups in total. The van der Waals surface area contributed by atoms with Gasteiger partial charge >= 0.3 is 18.0 Å².